The molecule has 2 aliphatic heterocycles. The molecule has 1 aliphatic carbocycles. The fraction of sp³-hybridized carbons (Fsp3) is 0.357. The average molecular weight is 508 g/mol. The number of aromatic nitrogens is 1. The van der Waals surface area contributed by atoms with Crippen molar-refractivity contribution in [2.45, 2.75) is 43.8 Å². The molecule has 0 unspecified atom stereocenters. The van der Waals surface area contributed by atoms with Crippen molar-refractivity contribution in [3.8, 4) is 28.9 Å². The number of hydrogen-bond donors (Lipinski definition) is 1. The second kappa shape index (κ2) is 9.89. The van der Waals surface area contributed by atoms with Crippen molar-refractivity contribution in [2.24, 2.45) is 0 Å². The molecule has 6 rings (SSSR count). The molecule has 3 heterocycles. The van der Waals surface area contributed by atoms with Crippen LogP contribution < -0.4 is 18.9 Å². The van der Waals surface area contributed by atoms with Gasteiger partial charge in [-0.3, -0.25) is 4.79 Å². The van der Waals surface area contributed by atoms with Gasteiger partial charge in [-0.1, -0.05) is 6.07 Å². The predicted octanol–water partition coefficient (Wildman–Crippen LogP) is 5.20. The molecule has 0 spiro atoms. The van der Waals surface area contributed by atoms with E-state index in [0.717, 1.165) is 17.5 Å². The minimum atomic E-state index is -0.864. The number of benzene rings is 2. The topological polar surface area (TPSA) is 96.3 Å². The maximum Gasteiger partial charge on any atom is 0.304 e. The maximum absolute atomic E-state index is 14.9. The van der Waals surface area contributed by atoms with Gasteiger partial charge in [0.2, 0.25) is 5.88 Å². The summed E-state index contributed by atoms with van der Waals surface area (Å²) in [6.45, 7) is 1.60. The van der Waals surface area contributed by atoms with Crippen LogP contribution >= 0.6 is 0 Å². The number of nitrogens with zero attached hydrogens (tertiary/aromatic N) is 1. The van der Waals surface area contributed by atoms with Crippen LogP contribution in [0.15, 0.2) is 48.7 Å². The highest BCUT2D eigenvalue weighted by atomic mass is 19.1. The van der Waals surface area contributed by atoms with Gasteiger partial charge < -0.3 is 28.8 Å². The van der Waals surface area contributed by atoms with E-state index in [4.69, 9.17) is 28.8 Å². The Labute approximate surface area is 212 Å². The quantitative estimate of drug-likeness (QED) is 0.445. The Morgan fingerprint density at radius 2 is 1.97 bits per heavy atom. The van der Waals surface area contributed by atoms with Crippen LogP contribution in [0.25, 0.3) is 0 Å². The predicted molar refractivity (Wildman–Crippen MR) is 129 cm³/mol. The lowest BCUT2D eigenvalue weighted by Crippen LogP contribution is -2.15. The number of ether oxygens (including phenoxy) is 5. The number of halogens is 1. The zero-order valence-corrected chi connectivity index (χ0v) is 20.0. The van der Waals surface area contributed by atoms with Gasteiger partial charge in [0.05, 0.1) is 32.4 Å². The monoisotopic (exact) mass is 507 g/mol. The fourth-order valence-electron chi connectivity index (χ4n) is 5.14. The Bertz CT molecular complexity index is 1310. The molecule has 1 fully saturated rings. The van der Waals surface area contributed by atoms with Crippen LogP contribution in [-0.2, 0) is 16.0 Å². The van der Waals surface area contributed by atoms with Crippen molar-refractivity contribution in [2.75, 3.05) is 19.8 Å². The first kappa shape index (κ1) is 23.5. The van der Waals surface area contributed by atoms with Crippen LogP contribution in [0.3, 0.4) is 0 Å². The molecule has 0 amide bonds. The molecular formula is C28H26FNO7. The van der Waals surface area contributed by atoms with E-state index in [2.05, 4.69) is 4.98 Å². The highest BCUT2D eigenvalue weighted by molar-refractivity contribution is 5.68. The molecule has 1 aromatic heterocycles. The third-order valence-corrected chi connectivity index (χ3v) is 6.92. The van der Waals surface area contributed by atoms with Gasteiger partial charge in [0.15, 0.2) is 0 Å². The van der Waals surface area contributed by atoms with E-state index in [9.17, 15) is 9.18 Å². The zero-order chi connectivity index (χ0) is 25.4. The van der Waals surface area contributed by atoms with E-state index >= 15 is 0 Å². The van der Waals surface area contributed by atoms with E-state index in [1.54, 1.807) is 36.5 Å². The van der Waals surface area contributed by atoms with Crippen molar-refractivity contribution >= 4 is 5.97 Å². The molecule has 0 saturated carbocycles. The Kier molecular flexibility index (Phi) is 6.30. The Balaban J connectivity index is 1.16. The number of aliphatic carboxylic acids is 1. The van der Waals surface area contributed by atoms with Gasteiger partial charge in [0, 0.05) is 41.2 Å². The number of fused-ring (bicyclic) bond motifs is 2. The van der Waals surface area contributed by atoms with Crippen LogP contribution in [0, 0.1) is 5.82 Å². The number of pyridine rings is 1. The Morgan fingerprint density at radius 1 is 1.08 bits per heavy atom. The normalized spacial score (nSPS) is 21.7. The van der Waals surface area contributed by atoms with E-state index in [-0.39, 0.29) is 24.3 Å². The van der Waals surface area contributed by atoms with Crippen molar-refractivity contribution in [3.05, 3.63) is 71.2 Å². The summed E-state index contributed by atoms with van der Waals surface area (Å²) in [5.74, 6) is 1.34. The van der Waals surface area contributed by atoms with Crippen molar-refractivity contribution in [1.29, 1.82) is 0 Å². The largest absolute Gasteiger partial charge is 0.492 e. The van der Waals surface area contributed by atoms with Gasteiger partial charge in [0.25, 0.3) is 0 Å². The first-order chi connectivity index (χ1) is 18.0. The van der Waals surface area contributed by atoms with E-state index in [1.807, 2.05) is 6.07 Å². The van der Waals surface area contributed by atoms with Crippen LogP contribution in [0.2, 0.25) is 0 Å². The number of carbonyl (C=O) groups is 1. The van der Waals surface area contributed by atoms with Crippen LogP contribution in [0.4, 0.5) is 4.39 Å². The lowest BCUT2D eigenvalue weighted by molar-refractivity contribution is -0.137. The van der Waals surface area contributed by atoms with Crippen molar-refractivity contribution < 1.29 is 38.0 Å². The molecule has 8 nitrogen and oxygen atoms in total. The molecule has 2 aromatic carbocycles. The third-order valence-electron chi connectivity index (χ3n) is 6.92. The number of carboxylic acid groups (broad SMARTS) is 1. The van der Waals surface area contributed by atoms with Gasteiger partial charge in [-0.05, 0) is 37.1 Å². The molecule has 0 bridgehead atoms. The Morgan fingerprint density at radius 3 is 2.76 bits per heavy atom. The first-order valence-electron chi connectivity index (χ1n) is 12.4. The molecule has 9 heteroatoms. The summed E-state index contributed by atoms with van der Waals surface area (Å²) in [4.78, 5) is 15.4. The molecule has 3 aliphatic rings. The van der Waals surface area contributed by atoms with Crippen LogP contribution in [0.5, 0.6) is 28.9 Å². The second-order valence-electron chi connectivity index (χ2n) is 9.43. The smallest absolute Gasteiger partial charge is 0.304 e. The first-order valence-corrected chi connectivity index (χ1v) is 12.4. The van der Waals surface area contributed by atoms with Gasteiger partial charge >= 0.3 is 5.97 Å². The average Bonchev–Trinajstić information content (AvgIpc) is 3.63. The molecule has 1 N–H and O–H groups in total. The molecule has 1 saturated heterocycles. The highest BCUT2D eigenvalue weighted by Crippen LogP contribution is 2.44. The summed E-state index contributed by atoms with van der Waals surface area (Å²) in [5.41, 5.74) is 2.09. The molecule has 37 heavy (non-hydrogen) atoms. The molecule has 3 aromatic rings. The van der Waals surface area contributed by atoms with Gasteiger partial charge in [-0.15, -0.1) is 0 Å². The van der Waals surface area contributed by atoms with E-state index in [0.29, 0.717) is 67.1 Å². The van der Waals surface area contributed by atoms with Crippen molar-refractivity contribution in [1.82, 2.24) is 4.98 Å². The number of rotatable bonds is 8. The minimum absolute atomic E-state index is 0.0112. The SMILES string of the molecule is O=C(O)C[C@@H]1COc2cc(O[C@@H]3CCc4c(Oc5ccc(O[C@H]6CCOC6)cn5)ccc(F)c43)ccc21. The highest BCUT2D eigenvalue weighted by Gasteiger charge is 2.32. The van der Waals surface area contributed by atoms with Crippen LogP contribution in [0.1, 0.15) is 48.0 Å². The maximum atomic E-state index is 14.9. The molecular weight excluding hydrogens is 481 g/mol. The Hall–Kier alpha value is -3.85. The summed E-state index contributed by atoms with van der Waals surface area (Å²) in [7, 11) is 0. The third kappa shape index (κ3) is 4.91. The molecule has 0 radical (unpaired) electrons. The van der Waals surface area contributed by atoms with Crippen molar-refractivity contribution in [3.63, 3.8) is 0 Å². The van der Waals surface area contributed by atoms with Gasteiger partial charge in [0.1, 0.15) is 41.0 Å². The minimum Gasteiger partial charge on any atom is -0.492 e. The summed E-state index contributed by atoms with van der Waals surface area (Å²) in [6.07, 6.45) is 3.22. The lowest BCUT2D eigenvalue weighted by atomic mass is 9.98. The number of carboxylic acids is 1. The van der Waals surface area contributed by atoms with Crippen LogP contribution in [-0.4, -0.2) is 42.0 Å². The summed E-state index contributed by atoms with van der Waals surface area (Å²) < 4.78 is 44.0. The zero-order valence-electron chi connectivity index (χ0n) is 20.0. The lowest BCUT2D eigenvalue weighted by Gasteiger charge is -2.17. The summed E-state index contributed by atoms with van der Waals surface area (Å²) in [5, 5.41) is 9.10. The molecule has 3 atom stereocenters. The van der Waals surface area contributed by atoms with Gasteiger partial charge in [-0.25, -0.2) is 9.37 Å². The summed E-state index contributed by atoms with van der Waals surface area (Å²) in [6, 6.07) is 11.9. The van der Waals surface area contributed by atoms with Gasteiger partial charge in [-0.2, -0.15) is 0 Å². The van der Waals surface area contributed by atoms with E-state index in [1.165, 1.54) is 6.07 Å². The fourth-order valence-corrected chi connectivity index (χ4v) is 5.14. The standard InChI is InChI=1S/C28H26FNO7/c29-22-5-7-23(37-26-8-2-18(13-30-26)35-19-9-10-33-15-19)21-4-6-24(28(21)22)36-17-1-3-20-16(11-27(31)32)14-34-25(20)12-17/h1-3,5,7-8,12-13,16,19,24H,4,6,9-11,14-15H2,(H,31,32)/t16-,19+,24-/m1/s1. The molecule has 192 valence electrons. The summed E-state index contributed by atoms with van der Waals surface area (Å²) >= 11 is 0. The second-order valence-corrected chi connectivity index (χ2v) is 9.43. The van der Waals surface area contributed by atoms with E-state index < -0.39 is 12.1 Å². The number of hydrogen-bond acceptors (Lipinski definition) is 7.